The van der Waals surface area contributed by atoms with E-state index in [-0.39, 0.29) is 24.6 Å². The summed E-state index contributed by atoms with van der Waals surface area (Å²) in [6.07, 6.45) is 4.67. The van der Waals surface area contributed by atoms with Gasteiger partial charge in [-0.2, -0.15) is 5.10 Å². The number of hydrogen-bond acceptors (Lipinski definition) is 4. The Balaban J connectivity index is 1.89. The first kappa shape index (κ1) is 12.7. The molecule has 0 saturated carbocycles. The Bertz CT molecular complexity index is 580. The topological polar surface area (TPSA) is 97.1 Å². The number of carboxylic acids is 1. The second-order valence-electron chi connectivity index (χ2n) is 3.82. The first-order valence-corrected chi connectivity index (χ1v) is 5.57. The summed E-state index contributed by atoms with van der Waals surface area (Å²) in [6.45, 7) is 0.298. The number of carbonyl (C=O) groups excluding carboxylic acids is 1. The van der Waals surface area contributed by atoms with Gasteiger partial charge in [0.1, 0.15) is 6.54 Å². The van der Waals surface area contributed by atoms with Crippen molar-refractivity contribution in [3.05, 3.63) is 48.0 Å². The Labute approximate surface area is 108 Å². The number of nitrogens with zero attached hydrogens (tertiary/aromatic N) is 3. The van der Waals surface area contributed by atoms with Crippen LogP contribution in [0, 0.1) is 0 Å². The lowest BCUT2D eigenvalue weighted by molar-refractivity contribution is -0.122. The predicted molar refractivity (Wildman–Crippen MR) is 65.3 cm³/mol. The quantitative estimate of drug-likeness (QED) is 0.805. The Morgan fingerprint density at radius 3 is 2.89 bits per heavy atom. The van der Waals surface area contributed by atoms with Crippen molar-refractivity contribution in [3.63, 3.8) is 0 Å². The molecule has 2 aromatic heterocycles. The summed E-state index contributed by atoms with van der Waals surface area (Å²) in [6, 6.07) is 4.55. The number of nitrogens with one attached hydrogen (secondary N) is 1. The van der Waals surface area contributed by atoms with Crippen LogP contribution in [0.3, 0.4) is 0 Å². The number of carbonyl (C=O) groups is 2. The van der Waals surface area contributed by atoms with Gasteiger partial charge in [0.25, 0.3) is 0 Å². The zero-order chi connectivity index (χ0) is 13.7. The minimum atomic E-state index is -1.02. The number of hydrogen-bond donors (Lipinski definition) is 2. The smallest absolute Gasteiger partial charge is 0.335 e. The highest BCUT2D eigenvalue weighted by atomic mass is 16.4. The van der Waals surface area contributed by atoms with E-state index >= 15 is 0 Å². The van der Waals surface area contributed by atoms with Crippen LogP contribution in [-0.4, -0.2) is 31.7 Å². The zero-order valence-electron chi connectivity index (χ0n) is 9.98. The molecule has 2 rings (SSSR count). The van der Waals surface area contributed by atoms with Gasteiger partial charge in [-0.25, -0.2) is 4.79 Å². The maximum Gasteiger partial charge on any atom is 0.335 e. The first-order valence-electron chi connectivity index (χ1n) is 5.57. The van der Waals surface area contributed by atoms with Crippen molar-refractivity contribution in [2.24, 2.45) is 0 Å². The normalized spacial score (nSPS) is 10.1. The van der Waals surface area contributed by atoms with E-state index in [0.29, 0.717) is 5.69 Å². The molecule has 0 fully saturated rings. The molecule has 0 radical (unpaired) electrons. The zero-order valence-corrected chi connectivity index (χ0v) is 9.98. The minimum absolute atomic E-state index is 0.117. The van der Waals surface area contributed by atoms with Crippen molar-refractivity contribution in [2.45, 2.75) is 13.1 Å². The van der Waals surface area contributed by atoms with E-state index in [2.05, 4.69) is 15.4 Å². The second kappa shape index (κ2) is 5.76. The molecular weight excluding hydrogens is 248 g/mol. The SMILES string of the molecule is O=C(Cn1cccn1)NCc1cc(C(=O)O)ccn1. The molecule has 0 aliphatic carbocycles. The lowest BCUT2D eigenvalue weighted by Gasteiger charge is -2.05. The summed E-state index contributed by atoms with van der Waals surface area (Å²) >= 11 is 0. The standard InChI is InChI=1S/C12H12N4O3/c17-11(8-16-5-1-3-15-16)14-7-10-6-9(12(18)19)2-4-13-10/h1-6H,7-8H2,(H,14,17)(H,18,19). The van der Waals surface area contributed by atoms with Crippen molar-refractivity contribution < 1.29 is 14.7 Å². The third-order valence-electron chi connectivity index (χ3n) is 2.39. The van der Waals surface area contributed by atoms with Gasteiger partial charge in [0.15, 0.2) is 0 Å². The van der Waals surface area contributed by atoms with Crippen LogP contribution in [0.2, 0.25) is 0 Å². The molecule has 98 valence electrons. The van der Waals surface area contributed by atoms with E-state index in [4.69, 9.17) is 5.11 Å². The van der Waals surface area contributed by atoms with Gasteiger partial charge >= 0.3 is 5.97 Å². The molecule has 7 heteroatoms. The molecule has 0 aliphatic heterocycles. The summed E-state index contributed by atoms with van der Waals surface area (Å²) in [5.74, 6) is -1.24. The molecule has 0 aromatic carbocycles. The highest BCUT2D eigenvalue weighted by Crippen LogP contribution is 2.01. The van der Waals surface area contributed by atoms with Crippen molar-refractivity contribution in [3.8, 4) is 0 Å². The molecule has 0 bridgehead atoms. The number of aromatic nitrogens is 3. The highest BCUT2D eigenvalue weighted by molar-refractivity contribution is 5.87. The van der Waals surface area contributed by atoms with Gasteiger partial charge < -0.3 is 10.4 Å². The fourth-order valence-electron chi connectivity index (χ4n) is 1.49. The van der Waals surface area contributed by atoms with Gasteiger partial charge in [-0.1, -0.05) is 0 Å². The van der Waals surface area contributed by atoms with Gasteiger partial charge in [0.05, 0.1) is 17.8 Å². The molecule has 0 atom stereocenters. The van der Waals surface area contributed by atoms with Gasteiger partial charge in [-0.15, -0.1) is 0 Å². The Morgan fingerprint density at radius 1 is 1.37 bits per heavy atom. The molecule has 1 amide bonds. The molecule has 2 N–H and O–H groups in total. The molecule has 0 unspecified atom stereocenters. The van der Waals surface area contributed by atoms with E-state index in [1.165, 1.54) is 23.0 Å². The fraction of sp³-hybridized carbons (Fsp3) is 0.167. The van der Waals surface area contributed by atoms with Crippen molar-refractivity contribution in [2.75, 3.05) is 0 Å². The van der Waals surface area contributed by atoms with E-state index in [1.807, 2.05) is 0 Å². The van der Waals surface area contributed by atoms with Crippen LogP contribution in [0.4, 0.5) is 0 Å². The highest BCUT2D eigenvalue weighted by Gasteiger charge is 2.06. The summed E-state index contributed by atoms with van der Waals surface area (Å²) in [5, 5.41) is 15.4. The number of pyridine rings is 1. The van der Waals surface area contributed by atoms with Crippen molar-refractivity contribution in [1.29, 1.82) is 0 Å². The third-order valence-corrected chi connectivity index (χ3v) is 2.39. The minimum Gasteiger partial charge on any atom is -0.478 e. The fourth-order valence-corrected chi connectivity index (χ4v) is 1.49. The largest absolute Gasteiger partial charge is 0.478 e. The first-order chi connectivity index (χ1) is 9.15. The average molecular weight is 260 g/mol. The van der Waals surface area contributed by atoms with Crippen LogP contribution in [-0.2, 0) is 17.9 Å². The molecule has 2 heterocycles. The molecule has 2 aromatic rings. The summed E-state index contributed by atoms with van der Waals surface area (Å²) < 4.78 is 1.50. The molecule has 7 nitrogen and oxygen atoms in total. The summed E-state index contributed by atoms with van der Waals surface area (Å²) in [7, 11) is 0. The van der Waals surface area contributed by atoms with Gasteiger partial charge in [-0.05, 0) is 18.2 Å². The van der Waals surface area contributed by atoms with Crippen LogP contribution in [0.15, 0.2) is 36.8 Å². The lowest BCUT2D eigenvalue weighted by Crippen LogP contribution is -2.27. The van der Waals surface area contributed by atoms with Crippen LogP contribution in [0.25, 0.3) is 0 Å². The second-order valence-corrected chi connectivity index (χ2v) is 3.82. The molecular formula is C12H12N4O3. The number of amides is 1. The van der Waals surface area contributed by atoms with E-state index < -0.39 is 5.97 Å². The summed E-state index contributed by atoms with van der Waals surface area (Å²) in [5.41, 5.74) is 0.639. The summed E-state index contributed by atoms with van der Waals surface area (Å²) in [4.78, 5) is 26.4. The molecule has 19 heavy (non-hydrogen) atoms. The van der Waals surface area contributed by atoms with Gasteiger partial charge in [0, 0.05) is 18.6 Å². The lowest BCUT2D eigenvalue weighted by atomic mass is 10.2. The molecule has 0 aliphatic rings. The van der Waals surface area contributed by atoms with Crippen molar-refractivity contribution >= 4 is 11.9 Å². The Kier molecular flexibility index (Phi) is 3.87. The maximum atomic E-state index is 11.6. The molecule has 0 spiro atoms. The van der Waals surface area contributed by atoms with E-state index in [9.17, 15) is 9.59 Å². The van der Waals surface area contributed by atoms with Crippen LogP contribution in [0.1, 0.15) is 16.1 Å². The number of carboxylic acid groups (broad SMARTS) is 1. The predicted octanol–water partition coefficient (Wildman–Crippen LogP) is 0.293. The van der Waals surface area contributed by atoms with Gasteiger partial charge in [-0.3, -0.25) is 14.5 Å². The van der Waals surface area contributed by atoms with Crippen molar-refractivity contribution in [1.82, 2.24) is 20.1 Å². The maximum absolute atomic E-state index is 11.6. The van der Waals surface area contributed by atoms with Crippen LogP contribution >= 0.6 is 0 Å². The van der Waals surface area contributed by atoms with Gasteiger partial charge in [0.2, 0.25) is 5.91 Å². The van der Waals surface area contributed by atoms with Crippen LogP contribution in [0.5, 0.6) is 0 Å². The Hall–Kier alpha value is -2.70. The third kappa shape index (κ3) is 3.63. The number of rotatable bonds is 5. The van der Waals surface area contributed by atoms with E-state index in [1.54, 1.807) is 18.5 Å². The average Bonchev–Trinajstić information content (AvgIpc) is 2.89. The molecule has 0 saturated heterocycles. The monoisotopic (exact) mass is 260 g/mol. The Morgan fingerprint density at radius 2 is 2.21 bits per heavy atom. The number of aromatic carboxylic acids is 1. The van der Waals surface area contributed by atoms with E-state index in [0.717, 1.165) is 0 Å². The van der Waals surface area contributed by atoms with Crippen LogP contribution < -0.4 is 5.32 Å².